The highest BCUT2D eigenvalue weighted by atomic mass is 79.9. The zero-order chi connectivity index (χ0) is 13.3. The maximum absolute atomic E-state index is 12.0. The first-order chi connectivity index (χ1) is 8.47. The molecule has 0 saturated carbocycles. The van der Waals surface area contributed by atoms with Crippen LogP contribution in [0.2, 0.25) is 0 Å². The Labute approximate surface area is 125 Å². The van der Waals surface area contributed by atoms with Gasteiger partial charge in [-0.2, -0.15) is 0 Å². The van der Waals surface area contributed by atoms with Gasteiger partial charge >= 0.3 is 0 Å². The molecule has 3 N–H and O–H groups in total. The minimum absolute atomic E-state index is 0.188. The molecule has 0 radical (unpaired) electrons. The van der Waals surface area contributed by atoms with Gasteiger partial charge in [-0.05, 0) is 50.9 Å². The van der Waals surface area contributed by atoms with Crippen molar-refractivity contribution >= 4 is 60.5 Å². The summed E-state index contributed by atoms with van der Waals surface area (Å²) in [5, 5.41) is 3.67. The molecule has 0 unspecified atom stereocenters. The van der Waals surface area contributed by atoms with Gasteiger partial charge in [-0.3, -0.25) is 4.79 Å². The molecule has 1 aromatic carbocycles. The number of amides is 1. The molecule has 0 atom stereocenters. The number of carbonyl (C=O) groups is 1. The number of nitrogens with two attached hydrogens (primary N) is 1. The van der Waals surface area contributed by atoms with E-state index in [1.165, 1.54) is 11.3 Å². The number of hydrogen-bond acceptors (Lipinski definition) is 4. The van der Waals surface area contributed by atoms with E-state index in [2.05, 4.69) is 42.2 Å². The fraction of sp³-hybridized carbons (Fsp3) is 0.0909. The molecule has 0 bridgehead atoms. The van der Waals surface area contributed by atoms with Gasteiger partial charge in [-0.25, -0.2) is 4.98 Å². The van der Waals surface area contributed by atoms with E-state index in [1.807, 2.05) is 6.92 Å². The third-order valence-electron chi connectivity index (χ3n) is 2.15. The number of nitrogens with zero attached hydrogens (tertiary/aromatic N) is 1. The average Bonchev–Trinajstić information content (AvgIpc) is 2.70. The van der Waals surface area contributed by atoms with E-state index < -0.39 is 0 Å². The number of nitrogen functional groups attached to an aromatic ring is 1. The number of nitrogens with one attached hydrogen (secondary N) is 1. The summed E-state index contributed by atoms with van der Waals surface area (Å²) in [5.74, 6) is -0.188. The number of anilines is 2. The van der Waals surface area contributed by atoms with Gasteiger partial charge in [-0.1, -0.05) is 0 Å². The fourth-order valence-corrected chi connectivity index (χ4v) is 3.45. The Morgan fingerprint density at radius 2 is 2.00 bits per heavy atom. The number of aryl methyl sites for hydroxylation is 1. The fourth-order valence-electron chi connectivity index (χ4n) is 1.35. The van der Waals surface area contributed by atoms with Crippen molar-refractivity contribution in [3.8, 4) is 0 Å². The molecule has 0 aliphatic carbocycles. The van der Waals surface area contributed by atoms with Crippen molar-refractivity contribution in [3.63, 3.8) is 0 Å². The predicted octanol–water partition coefficient (Wildman–Crippen LogP) is 3.81. The van der Waals surface area contributed by atoms with Gasteiger partial charge in [0.25, 0.3) is 5.91 Å². The lowest BCUT2D eigenvalue weighted by Crippen LogP contribution is -2.11. The summed E-state index contributed by atoms with van der Waals surface area (Å²) in [4.78, 5) is 16.6. The van der Waals surface area contributed by atoms with Crippen LogP contribution in [0.4, 0.5) is 11.4 Å². The SMILES string of the molecule is Cc1ncc(C(=O)Nc2c(Br)cc(N)cc2Br)s1. The summed E-state index contributed by atoms with van der Waals surface area (Å²) in [7, 11) is 0. The molecule has 2 rings (SSSR count). The zero-order valence-corrected chi connectivity index (χ0v) is 13.3. The van der Waals surface area contributed by atoms with Crippen LogP contribution in [0.15, 0.2) is 27.3 Å². The van der Waals surface area contributed by atoms with Crippen LogP contribution in [-0.2, 0) is 0 Å². The number of halogens is 2. The van der Waals surface area contributed by atoms with Gasteiger partial charge in [0.15, 0.2) is 0 Å². The molecule has 4 nitrogen and oxygen atoms in total. The first kappa shape index (κ1) is 13.5. The van der Waals surface area contributed by atoms with Gasteiger partial charge in [0, 0.05) is 14.6 Å². The number of rotatable bonds is 2. The van der Waals surface area contributed by atoms with Crippen LogP contribution in [0, 0.1) is 6.92 Å². The van der Waals surface area contributed by atoms with Crippen molar-refractivity contribution < 1.29 is 4.79 Å². The van der Waals surface area contributed by atoms with Gasteiger partial charge in [0.1, 0.15) is 4.88 Å². The Bertz CT molecular complexity index is 589. The van der Waals surface area contributed by atoms with Crippen molar-refractivity contribution in [1.82, 2.24) is 4.98 Å². The molecule has 94 valence electrons. The molecule has 0 aliphatic heterocycles. The van der Waals surface area contributed by atoms with Crippen molar-refractivity contribution in [2.24, 2.45) is 0 Å². The van der Waals surface area contributed by atoms with E-state index in [0.717, 1.165) is 14.0 Å². The Hall–Kier alpha value is -0.920. The molecule has 18 heavy (non-hydrogen) atoms. The molecule has 7 heteroatoms. The van der Waals surface area contributed by atoms with Crippen molar-refractivity contribution in [1.29, 1.82) is 0 Å². The standard InChI is InChI=1S/C11H9Br2N3OS/c1-5-15-4-9(18-5)11(17)16-10-7(12)2-6(14)3-8(10)13/h2-4H,14H2,1H3,(H,16,17). The van der Waals surface area contributed by atoms with Crippen molar-refractivity contribution in [2.45, 2.75) is 6.92 Å². The smallest absolute Gasteiger partial charge is 0.267 e. The highest BCUT2D eigenvalue weighted by molar-refractivity contribution is 9.11. The Morgan fingerprint density at radius 1 is 1.39 bits per heavy atom. The van der Waals surface area contributed by atoms with Gasteiger partial charge in [0.05, 0.1) is 16.9 Å². The number of aromatic nitrogens is 1. The van der Waals surface area contributed by atoms with E-state index in [9.17, 15) is 4.79 Å². The lowest BCUT2D eigenvalue weighted by Gasteiger charge is -2.09. The van der Waals surface area contributed by atoms with Crippen LogP contribution < -0.4 is 11.1 Å². The molecule has 0 saturated heterocycles. The summed E-state index contributed by atoms with van der Waals surface area (Å²) >= 11 is 8.09. The highest BCUT2D eigenvalue weighted by Crippen LogP contribution is 2.33. The van der Waals surface area contributed by atoms with Crippen LogP contribution in [-0.4, -0.2) is 10.9 Å². The summed E-state index contributed by atoms with van der Waals surface area (Å²) in [5.41, 5.74) is 6.96. The van der Waals surface area contributed by atoms with E-state index in [-0.39, 0.29) is 5.91 Å². The molecular formula is C11H9Br2N3OS. The first-order valence-corrected chi connectivity index (χ1v) is 7.36. The van der Waals surface area contributed by atoms with Crippen LogP contribution in [0.25, 0.3) is 0 Å². The molecule has 0 spiro atoms. The summed E-state index contributed by atoms with van der Waals surface area (Å²) in [6.45, 7) is 1.86. The highest BCUT2D eigenvalue weighted by Gasteiger charge is 2.13. The predicted molar refractivity (Wildman–Crippen MR) is 81.1 cm³/mol. The van der Waals surface area contributed by atoms with Crippen LogP contribution in [0.1, 0.15) is 14.7 Å². The van der Waals surface area contributed by atoms with E-state index in [1.54, 1.807) is 18.3 Å². The third kappa shape index (κ3) is 2.90. The largest absolute Gasteiger partial charge is 0.399 e. The Kier molecular flexibility index (Phi) is 4.04. The summed E-state index contributed by atoms with van der Waals surface area (Å²) < 4.78 is 1.45. The van der Waals surface area contributed by atoms with E-state index in [4.69, 9.17) is 5.73 Å². The summed E-state index contributed by atoms with van der Waals surface area (Å²) in [6.07, 6.45) is 1.56. The first-order valence-electron chi connectivity index (χ1n) is 4.95. The maximum Gasteiger partial charge on any atom is 0.267 e. The molecule has 2 aromatic rings. The van der Waals surface area contributed by atoms with Gasteiger partial charge in [-0.15, -0.1) is 11.3 Å². The van der Waals surface area contributed by atoms with Crippen LogP contribution in [0.3, 0.4) is 0 Å². The number of benzene rings is 1. The molecule has 1 amide bonds. The molecule has 0 aliphatic rings. The number of carbonyl (C=O) groups excluding carboxylic acids is 1. The third-order valence-corrected chi connectivity index (χ3v) is 4.31. The normalized spacial score (nSPS) is 10.4. The van der Waals surface area contributed by atoms with Gasteiger partial charge in [0.2, 0.25) is 0 Å². The number of thiazole rings is 1. The quantitative estimate of drug-likeness (QED) is 0.766. The molecule has 0 fully saturated rings. The summed E-state index contributed by atoms with van der Waals surface area (Å²) in [6, 6.07) is 3.47. The minimum atomic E-state index is -0.188. The molecular weight excluding hydrogens is 382 g/mol. The second kappa shape index (κ2) is 5.38. The lowest BCUT2D eigenvalue weighted by molar-refractivity contribution is 0.103. The van der Waals surface area contributed by atoms with Crippen molar-refractivity contribution in [3.05, 3.63) is 37.2 Å². The topological polar surface area (TPSA) is 68.0 Å². The zero-order valence-electron chi connectivity index (χ0n) is 9.33. The second-order valence-electron chi connectivity index (χ2n) is 3.56. The Balaban J connectivity index is 2.27. The monoisotopic (exact) mass is 389 g/mol. The maximum atomic E-state index is 12.0. The van der Waals surface area contributed by atoms with E-state index in [0.29, 0.717) is 16.3 Å². The molecule has 1 heterocycles. The Morgan fingerprint density at radius 3 is 2.50 bits per heavy atom. The second-order valence-corrected chi connectivity index (χ2v) is 6.50. The van der Waals surface area contributed by atoms with Gasteiger partial charge < -0.3 is 11.1 Å². The van der Waals surface area contributed by atoms with E-state index >= 15 is 0 Å². The van der Waals surface area contributed by atoms with Crippen molar-refractivity contribution in [2.75, 3.05) is 11.1 Å². The number of hydrogen-bond donors (Lipinski definition) is 2. The molecule has 1 aromatic heterocycles. The lowest BCUT2D eigenvalue weighted by atomic mass is 10.3. The van der Waals surface area contributed by atoms with Crippen LogP contribution >= 0.6 is 43.2 Å². The average molecular weight is 391 g/mol. The minimum Gasteiger partial charge on any atom is -0.399 e. The van der Waals surface area contributed by atoms with Crippen LogP contribution in [0.5, 0.6) is 0 Å².